The van der Waals surface area contributed by atoms with Gasteiger partial charge in [-0.25, -0.2) is 0 Å². The average Bonchev–Trinajstić information content (AvgIpc) is 3.48. The zero-order valence-electron chi connectivity index (χ0n) is 22.3. The van der Waals surface area contributed by atoms with Crippen molar-refractivity contribution in [2.24, 2.45) is 11.8 Å². The molecule has 0 bridgehead atoms. The van der Waals surface area contributed by atoms with E-state index in [1.165, 1.54) is 0 Å². The molecular formula is C25H46NO7P. The van der Waals surface area contributed by atoms with Crippen molar-refractivity contribution < 1.29 is 32.6 Å². The molecule has 11 atom stereocenters. The number of amides is 1. The first-order chi connectivity index (χ1) is 16.2. The molecule has 3 unspecified atom stereocenters. The quantitative estimate of drug-likeness (QED) is 0.379. The molecule has 3 fully saturated rings. The molecule has 0 aromatic carbocycles. The van der Waals surface area contributed by atoms with Crippen LogP contribution in [0.5, 0.6) is 0 Å². The maximum Gasteiger partial charge on any atom is 0.333 e. The minimum absolute atomic E-state index is 0.0111. The third-order valence-electron chi connectivity index (χ3n) is 8.01. The molecule has 0 saturated carbocycles. The maximum absolute atomic E-state index is 12.2. The minimum atomic E-state index is -1.67. The van der Waals surface area contributed by atoms with Crippen LogP contribution in [0, 0.1) is 11.8 Å². The van der Waals surface area contributed by atoms with Crippen LogP contribution in [-0.2, 0) is 32.6 Å². The van der Waals surface area contributed by atoms with Gasteiger partial charge in [-0.2, -0.15) is 0 Å². The van der Waals surface area contributed by atoms with Gasteiger partial charge in [-0.05, 0) is 39.5 Å². The molecular weight excluding hydrogens is 457 g/mol. The monoisotopic (exact) mass is 503 g/mol. The lowest BCUT2D eigenvalue weighted by molar-refractivity contribution is -0.131. The standard InChI is InChI=1S/C25H46NO7P/c1-9-21(20-12-11-13-26(20)19(7)27)32-34(33-25-16(4)18(6)30-22(25)10-2)29-14-23-24(28-8)15(3)17(5)31-23/h15-18,20-25H,9-14H2,1-8H3/t15-,16-,17+,18+,20?,21-,22-,23-,24?,25?,34-/m1/s1. The summed E-state index contributed by atoms with van der Waals surface area (Å²) in [6, 6.07) is 0.0485. The smallest absolute Gasteiger partial charge is 0.333 e. The Morgan fingerprint density at radius 3 is 2.29 bits per heavy atom. The number of rotatable bonds is 11. The van der Waals surface area contributed by atoms with E-state index in [0.29, 0.717) is 6.61 Å². The molecule has 3 heterocycles. The molecule has 3 rings (SSSR count). The fraction of sp³-hybridized carbons (Fsp3) is 0.960. The second-order valence-electron chi connectivity index (χ2n) is 10.1. The van der Waals surface area contributed by atoms with Crippen molar-refractivity contribution >= 4 is 14.5 Å². The molecule has 3 aliphatic heterocycles. The van der Waals surface area contributed by atoms with Gasteiger partial charge < -0.3 is 32.7 Å². The zero-order chi connectivity index (χ0) is 25.0. The van der Waals surface area contributed by atoms with E-state index in [-0.39, 0.29) is 66.5 Å². The van der Waals surface area contributed by atoms with Gasteiger partial charge in [-0.3, -0.25) is 4.79 Å². The molecule has 0 radical (unpaired) electrons. The molecule has 198 valence electrons. The Morgan fingerprint density at radius 1 is 1.06 bits per heavy atom. The normalized spacial score (nSPS) is 40.1. The van der Waals surface area contributed by atoms with Gasteiger partial charge >= 0.3 is 8.60 Å². The number of hydrogen-bond acceptors (Lipinski definition) is 7. The first kappa shape index (κ1) is 28.2. The number of carbonyl (C=O) groups is 1. The van der Waals surface area contributed by atoms with Crippen LogP contribution in [0.2, 0.25) is 0 Å². The Balaban J connectivity index is 1.73. The van der Waals surface area contributed by atoms with Gasteiger partial charge in [0.1, 0.15) is 6.10 Å². The van der Waals surface area contributed by atoms with Crippen molar-refractivity contribution in [3.05, 3.63) is 0 Å². The second-order valence-corrected chi connectivity index (χ2v) is 11.3. The molecule has 0 spiro atoms. The van der Waals surface area contributed by atoms with Gasteiger partial charge in [0.25, 0.3) is 0 Å². The Hall–Kier alpha value is -0.340. The number of likely N-dealkylation sites (tertiary alicyclic amines) is 1. The fourth-order valence-electron chi connectivity index (χ4n) is 5.58. The van der Waals surface area contributed by atoms with Gasteiger partial charge in [-0.15, -0.1) is 0 Å². The highest BCUT2D eigenvalue weighted by atomic mass is 31.2. The number of methoxy groups -OCH3 is 1. The predicted octanol–water partition coefficient (Wildman–Crippen LogP) is 4.69. The summed E-state index contributed by atoms with van der Waals surface area (Å²) in [6.07, 6.45) is 3.35. The lowest BCUT2D eigenvalue weighted by Crippen LogP contribution is -2.42. The Labute approximate surface area is 207 Å². The predicted molar refractivity (Wildman–Crippen MR) is 131 cm³/mol. The van der Waals surface area contributed by atoms with Crippen molar-refractivity contribution in [3.63, 3.8) is 0 Å². The van der Waals surface area contributed by atoms with Gasteiger partial charge in [0.15, 0.2) is 0 Å². The van der Waals surface area contributed by atoms with Crippen molar-refractivity contribution in [3.8, 4) is 0 Å². The van der Waals surface area contributed by atoms with E-state index in [9.17, 15) is 4.79 Å². The lowest BCUT2D eigenvalue weighted by atomic mass is 9.98. The van der Waals surface area contributed by atoms with E-state index in [2.05, 4.69) is 41.5 Å². The van der Waals surface area contributed by atoms with Crippen molar-refractivity contribution in [2.75, 3.05) is 20.3 Å². The highest BCUT2D eigenvalue weighted by molar-refractivity contribution is 7.41. The van der Waals surface area contributed by atoms with E-state index in [1.54, 1.807) is 14.0 Å². The number of carbonyl (C=O) groups excluding carboxylic acids is 1. The van der Waals surface area contributed by atoms with Crippen molar-refractivity contribution in [1.29, 1.82) is 0 Å². The second kappa shape index (κ2) is 12.8. The van der Waals surface area contributed by atoms with E-state index >= 15 is 0 Å². The summed E-state index contributed by atoms with van der Waals surface area (Å²) in [5, 5.41) is 0. The minimum Gasteiger partial charge on any atom is -0.378 e. The first-order valence-corrected chi connectivity index (χ1v) is 14.2. The summed E-state index contributed by atoms with van der Waals surface area (Å²) in [4.78, 5) is 14.1. The topological polar surface area (TPSA) is 75.7 Å². The number of hydrogen-bond donors (Lipinski definition) is 0. The summed E-state index contributed by atoms with van der Waals surface area (Å²) in [7, 11) is 0.0503. The molecule has 0 aliphatic carbocycles. The molecule has 0 N–H and O–H groups in total. The van der Waals surface area contributed by atoms with Gasteiger partial charge in [0, 0.05) is 32.4 Å². The first-order valence-electron chi connectivity index (χ1n) is 13.1. The SMILES string of the molecule is CC[C@H]1O[C@@H](C)[C@@H](C)C1O[P@](OC[C@H]1O[C@@H](C)[C@@H](C)C1OC)O[C@H](CC)C1CCCN1C(C)=O. The molecule has 8 nitrogen and oxygen atoms in total. The summed E-state index contributed by atoms with van der Waals surface area (Å²) < 4.78 is 37.4. The Morgan fingerprint density at radius 2 is 1.71 bits per heavy atom. The van der Waals surface area contributed by atoms with E-state index in [0.717, 1.165) is 32.2 Å². The van der Waals surface area contributed by atoms with Gasteiger partial charge in [0.2, 0.25) is 5.91 Å². The van der Waals surface area contributed by atoms with Crippen LogP contribution in [0.1, 0.15) is 74.1 Å². The fourth-order valence-corrected chi connectivity index (χ4v) is 7.05. The van der Waals surface area contributed by atoms with E-state index in [1.807, 2.05) is 4.90 Å². The molecule has 3 aliphatic rings. The van der Waals surface area contributed by atoms with Crippen molar-refractivity contribution in [2.45, 2.75) is 123 Å². The number of nitrogens with zero attached hydrogens (tertiary/aromatic N) is 1. The molecule has 3 saturated heterocycles. The zero-order valence-corrected chi connectivity index (χ0v) is 23.2. The van der Waals surface area contributed by atoms with Crippen LogP contribution in [0.25, 0.3) is 0 Å². The molecule has 34 heavy (non-hydrogen) atoms. The molecule has 1 amide bonds. The summed E-state index contributed by atoms with van der Waals surface area (Å²) in [6.45, 7) is 15.4. The maximum atomic E-state index is 12.2. The van der Waals surface area contributed by atoms with Gasteiger partial charge in [0.05, 0.1) is 49.3 Å². The van der Waals surface area contributed by atoms with E-state index in [4.69, 9.17) is 27.8 Å². The summed E-state index contributed by atoms with van der Waals surface area (Å²) in [5.74, 6) is 0.613. The third kappa shape index (κ3) is 6.31. The largest absolute Gasteiger partial charge is 0.378 e. The summed E-state index contributed by atoms with van der Waals surface area (Å²) >= 11 is 0. The van der Waals surface area contributed by atoms with Gasteiger partial charge in [-0.1, -0.05) is 27.7 Å². The molecule has 0 aromatic rings. The lowest BCUT2D eigenvalue weighted by Gasteiger charge is -2.34. The Bertz CT molecular complexity index is 655. The average molecular weight is 504 g/mol. The third-order valence-corrected chi connectivity index (χ3v) is 9.23. The molecule has 0 aromatic heterocycles. The van der Waals surface area contributed by atoms with Crippen LogP contribution < -0.4 is 0 Å². The van der Waals surface area contributed by atoms with Crippen LogP contribution in [0.4, 0.5) is 0 Å². The Kier molecular flexibility index (Phi) is 10.6. The van der Waals surface area contributed by atoms with Crippen LogP contribution >= 0.6 is 8.60 Å². The highest BCUT2D eigenvalue weighted by Gasteiger charge is 2.45. The molecule has 9 heteroatoms. The van der Waals surface area contributed by atoms with E-state index < -0.39 is 8.60 Å². The van der Waals surface area contributed by atoms with Crippen molar-refractivity contribution in [1.82, 2.24) is 4.90 Å². The number of ether oxygens (including phenoxy) is 3. The van der Waals surface area contributed by atoms with Crippen LogP contribution in [-0.4, -0.2) is 79.8 Å². The highest BCUT2D eigenvalue weighted by Crippen LogP contribution is 2.49. The van der Waals surface area contributed by atoms with Crippen LogP contribution in [0.15, 0.2) is 0 Å². The van der Waals surface area contributed by atoms with Crippen LogP contribution in [0.3, 0.4) is 0 Å². The summed E-state index contributed by atoms with van der Waals surface area (Å²) in [5.41, 5.74) is 0.